The third kappa shape index (κ3) is 4.92. The van der Waals surface area contributed by atoms with Gasteiger partial charge in [-0.2, -0.15) is 0 Å². The number of piperidine rings is 1. The Morgan fingerprint density at radius 3 is 2.85 bits per heavy atom. The molecule has 1 aromatic carbocycles. The minimum atomic E-state index is -0.272. The van der Waals surface area contributed by atoms with E-state index in [1.54, 1.807) is 23.5 Å². The molecule has 2 heterocycles. The molecule has 0 spiro atoms. The van der Waals surface area contributed by atoms with Crippen LogP contribution < -0.4 is 0 Å². The predicted molar refractivity (Wildman–Crippen MR) is 103 cm³/mol. The SMILES string of the molecule is CCOCC1CCCN(C(=O)C(Cc2cccs2)c2ccc(F)cc2)C1. The van der Waals surface area contributed by atoms with Gasteiger partial charge < -0.3 is 9.64 Å². The lowest BCUT2D eigenvalue weighted by Gasteiger charge is -2.35. The molecule has 3 nitrogen and oxygen atoms in total. The highest BCUT2D eigenvalue weighted by Gasteiger charge is 2.30. The summed E-state index contributed by atoms with van der Waals surface area (Å²) in [5.41, 5.74) is 0.886. The van der Waals surface area contributed by atoms with E-state index in [1.165, 1.54) is 17.0 Å². The van der Waals surface area contributed by atoms with Crippen LogP contribution in [0.25, 0.3) is 0 Å². The second-order valence-corrected chi connectivity index (χ2v) is 7.87. The van der Waals surface area contributed by atoms with Gasteiger partial charge in [-0.05, 0) is 61.2 Å². The van der Waals surface area contributed by atoms with Crippen molar-refractivity contribution in [3.63, 3.8) is 0 Å². The van der Waals surface area contributed by atoms with Crippen LogP contribution in [0, 0.1) is 11.7 Å². The molecule has 140 valence electrons. The molecule has 1 saturated heterocycles. The molecule has 0 bridgehead atoms. The first-order chi connectivity index (χ1) is 12.7. The van der Waals surface area contributed by atoms with Gasteiger partial charge in [0.1, 0.15) is 5.82 Å². The fourth-order valence-electron chi connectivity index (χ4n) is 3.58. The van der Waals surface area contributed by atoms with Gasteiger partial charge in [-0.1, -0.05) is 18.2 Å². The van der Waals surface area contributed by atoms with E-state index in [4.69, 9.17) is 4.74 Å². The molecule has 0 saturated carbocycles. The number of carbonyl (C=O) groups excluding carboxylic acids is 1. The Balaban J connectivity index is 1.76. The second kappa shape index (κ2) is 9.28. The van der Waals surface area contributed by atoms with Gasteiger partial charge in [0.2, 0.25) is 5.91 Å². The molecular formula is C21H26FNO2S. The van der Waals surface area contributed by atoms with Crippen molar-refractivity contribution in [2.45, 2.75) is 32.1 Å². The van der Waals surface area contributed by atoms with Crippen molar-refractivity contribution in [3.05, 3.63) is 58.0 Å². The van der Waals surface area contributed by atoms with E-state index >= 15 is 0 Å². The maximum atomic E-state index is 13.3. The maximum absolute atomic E-state index is 13.3. The highest BCUT2D eigenvalue weighted by molar-refractivity contribution is 7.09. The minimum Gasteiger partial charge on any atom is -0.381 e. The highest BCUT2D eigenvalue weighted by Crippen LogP contribution is 2.28. The van der Waals surface area contributed by atoms with Crippen LogP contribution in [-0.2, 0) is 16.0 Å². The Labute approximate surface area is 158 Å². The van der Waals surface area contributed by atoms with E-state index in [1.807, 2.05) is 23.3 Å². The molecule has 2 atom stereocenters. The predicted octanol–water partition coefficient (Wildman–Crippen LogP) is 4.49. The fourth-order valence-corrected chi connectivity index (χ4v) is 4.33. The number of halogens is 1. The molecule has 2 aromatic rings. The number of amides is 1. The van der Waals surface area contributed by atoms with Crippen LogP contribution in [0.15, 0.2) is 41.8 Å². The summed E-state index contributed by atoms with van der Waals surface area (Å²) >= 11 is 1.66. The van der Waals surface area contributed by atoms with Crippen LogP contribution >= 0.6 is 11.3 Å². The lowest BCUT2D eigenvalue weighted by Crippen LogP contribution is -2.43. The zero-order valence-electron chi connectivity index (χ0n) is 15.2. The molecular weight excluding hydrogens is 349 g/mol. The first-order valence-corrected chi connectivity index (χ1v) is 10.2. The van der Waals surface area contributed by atoms with Gasteiger partial charge >= 0.3 is 0 Å². The van der Waals surface area contributed by atoms with Crippen molar-refractivity contribution in [2.24, 2.45) is 5.92 Å². The molecule has 0 aliphatic carbocycles. The molecule has 0 radical (unpaired) electrons. The largest absolute Gasteiger partial charge is 0.381 e. The standard InChI is InChI=1S/C21H26FNO2S/c1-2-25-15-16-5-3-11-23(14-16)21(24)20(13-19-6-4-12-26-19)17-7-9-18(22)10-8-17/h4,6-10,12,16,20H,2-3,5,11,13-15H2,1H3. The van der Waals surface area contributed by atoms with Gasteiger partial charge in [-0.15, -0.1) is 11.3 Å². The molecule has 1 fully saturated rings. The molecule has 1 aliphatic rings. The Kier molecular flexibility index (Phi) is 6.80. The molecule has 1 amide bonds. The van der Waals surface area contributed by atoms with E-state index in [-0.39, 0.29) is 17.6 Å². The maximum Gasteiger partial charge on any atom is 0.230 e. The average molecular weight is 376 g/mol. The fraction of sp³-hybridized carbons (Fsp3) is 0.476. The lowest BCUT2D eigenvalue weighted by molar-refractivity contribution is -0.135. The summed E-state index contributed by atoms with van der Waals surface area (Å²) in [4.78, 5) is 16.5. The van der Waals surface area contributed by atoms with E-state index in [9.17, 15) is 9.18 Å². The highest BCUT2D eigenvalue weighted by atomic mass is 32.1. The van der Waals surface area contributed by atoms with E-state index < -0.39 is 0 Å². The summed E-state index contributed by atoms with van der Waals surface area (Å²) in [7, 11) is 0. The van der Waals surface area contributed by atoms with Crippen molar-refractivity contribution >= 4 is 17.2 Å². The molecule has 2 unspecified atom stereocenters. The Bertz CT molecular complexity index is 687. The van der Waals surface area contributed by atoms with Crippen LogP contribution in [0.2, 0.25) is 0 Å². The normalized spacial score (nSPS) is 18.7. The second-order valence-electron chi connectivity index (χ2n) is 6.84. The number of nitrogens with zero attached hydrogens (tertiary/aromatic N) is 1. The topological polar surface area (TPSA) is 29.5 Å². The molecule has 26 heavy (non-hydrogen) atoms. The molecule has 0 N–H and O–H groups in total. The minimum absolute atomic E-state index is 0.145. The van der Waals surface area contributed by atoms with Crippen LogP contribution in [0.4, 0.5) is 4.39 Å². The summed E-state index contributed by atoms with van der Waals surface area (Å²) in [6, 6.07) is 10.4. The number of ether oxygens (including phenoxy) is 1. The van der Waals surface area contributed by atoms with Crippen LogP contribution in [0.5, 0.6) is 0 Å². The average Bonchev–Trinajstić information content (AvgIpc) is 3.18. The van der Waals surface area contributed by atoms with Gasteiger partial charge in [0.15, 0.2) is 0 Å². The number of likely N-dealkylation sites (tertiary alicyclic amines) is 1. The number of benzene rings is 1. The van der Waals surface area contributed by atoms with Crippen LogP contribution in [-0.4, -0.2) is 37.1 Å². The summed E-state index contributed by atoms with van der Waals surface area (Å²) in [5, 5.41) is 2.03. The number of hydrogen-bond acceptors (Lipinski definition) is 3. The summed E-state index contributed by atoms with van der Waals surface area (Å²) in [6.07, 6.45) is 2.78. The summed E-state index contributed by atoms with van der Waals surface area (Å²) in [5.74, 6) is 0.0142. The van der Waals surface area contributed by atoms with Gasteiger partial charge in [0.25, 0.3) is 0 Å². The zero-order valence-corrected chi connectivity index (χ0v) is 16.0. The monoisotopic (exact) mass is 375 g/mol. The molecule has 5 heteroatoms. The van der Waals surface area contributed by atoms with E-state index in [2.05, 4.69) is 6.07 Å². The van der Waals surface area contributed by atoms with Crippen LogP contribution in [0.1, 0.15) is 36.1 Å². The number of hydrogen-bond donors (Lipinski definition) is 0. The van der Waals surface area contributed by atoms with Crippen molar-refractivity contribution in [1.82, 2.24) is 4.90 Å². The van der Waals surface area contributed by atoms with Crippen LogP contribution in [0.3, 0.4) is 0 Å². The summed E-state index contributed by atoms with van der Waals surface area (Å²) in [6.45, 7) is 4.97. The number of carbonyl (C=O) groups is 1. The summed E-state index contributed by atoms with van der Waals surface area (Å²) < 4.78 is 18.9. The Morgan fingerprint density at radius 2 is 2.15 bits per heavy atom. The third-order valence-corrected chi connectivity index (χ3v) is 5.84. The smallest absolute Gasteiger partial charge is 0.230 e. The van der Waals surface area contributed by atoms with Crippen molar-refractivity contribution in [3.8, 4) is 0 Å². The zero-order chi connectivity index (χ0) is 18.4. The Hall–Kier alpha value is -1.72. The van der Waals surface area contributed by atoms with Crippen molar-refractivity contribution in [1.29, 1.82) is 0 Å². The van der Waals surface area contributed by atoms with Gasteiger partial charge in [-0.25, -0.2) is 4.39 Å². The van der Waals surface area contributed by atoms with Crippen molar-refractivity contribution in [2.75, 3.05) is 26.3 Å². The third-order valence-electron chi connectivity index (χ3n) is 4.94. The van der Waals surface area contributed by atoms with E-state index in [0.29, 0.717) is 25.6 Å². The van der Waals surface area contributed by atoms with Crippen molar-refractivity contribution < 1.29 is 13.9 Å². The quantitative estimate of drug-likeness (QED) is 0.714. The Morgan fingerprint density at radius 1 is 1.35 bits per heavy atom. The first-order valence-electron chi connectivity index (χ1n) is 9.31. The van der Waals surface area contributed by atoms with E-state index in [0.717, 1.165) is 31.5 Å². The lowest BCUT2D eigenvalue weighted by atomic mass is 9.91. The number of thiophene rings is 1. The number of rotatable bonds is 7. The first kappa shape index (κ1) is 19.1. The molecule has 3 rings (SSSR count). The van der Waals surface area contributed by atoms with Gasteiger partial charge in [0.05, 0.1) is 12.5 Å². The van der Waals surface area contributed by atoms with Gasteiger partial charge in [0, 0.05) is 24.6 Å². The molecule has 1 aromatic heterocycles. The molecule has 1 aliphatic heterocycles. The van der Waals surface area contributed by atoms with Gasteiger partial charge in [-0.3, -0.25) is 4.79 Å².